The van der Waals surface area contributed by atoms with Gasteiger partial charge in [0.1, 0.15) is 74.8 Å². The van der Waals surface area contributed by atoms with Crippen LogP contribution in [0.2, 0.25) is 0 Å². The van der Waals surface area contributed by atoms with Crippen molar-refractivity contribution < 1.29 is 56.6 Å². The fourth-order valence-corrected chi connectivity index (χ4v) is 6.95. The summed E-state index contributed by atoms with van der Waals surface area (Å²) in [4.78, 5) is 25.3. The third-order valence-electron chi connectivity index (χ3n) is 8.71. The lowest BCUT2D eigenvalue weighted by molar-refractivity contribution is 0.0127. The van der Waals surface area contributed by atoms with Gasteiger partial charge in [0.15, 0.2) is 0 Å². The second-order valence-corrected chi connectivity index (χ2v) is 15.0. The Kier molecular flexibility index (Phi) is 13.7. The van der Waals surface area contributed by atoms with Gasteiger partial charge in [-0.2, -0.15) is 0 Å². The van der Waals surface area contributed by atoms with Crippen molar-refractivity contribution in [2.24, 2.45) is 0 Å². The van der Waals surface area contributed by atoms with Crippen molar-refractivity contribution in [3.05, 3.63) is 132 Å². The first-order valence-corrected chi connectivity index (χ1v) is 19.6. The average molecular weight is 815 g/mol. The number of esters is 2. The van der Waals surface area contributed by atoms with E-state index in [1.165, 1.54) is 48.5 Å². The lowest BCUT2D eigenvalue weighted by Crippen LogP contribution is -2.25. The number of aliphatic hydroxyl groups is 2. The van der Waals surface area contributed by atoms with Crippen LogP contribution in [0.4, 0.5) is 0 Å². The minimum Gasteiger partial charge on any atom is -0.491 e. The highest BCUT2D eigenvalue weighted by molar-refractivity contribution is 7.91. The molecule has 0 bridgehead atoms. The fraction of sp³-hybridized carbons (Fsp3) is 0.174. The maximum Gasteiger partial charge on any atom is 0.338 e. The highest BCUT2D eigenvalue weighted by Gasteiger charge is 2.19. The molecule has 6 aromatic rings. The summed E-state index contributed by atoms with van der Waals surface area (Å²) >= 11 is 0. The van der Waals surface area contributed by atoms with E-state index in [4.69, 9.17) is 41.3 Å². The third-order valence-corrected chi connectivity index (χ3v) is 10.5. The molecule has 0 radical (unpaired) electrons. The standard InChI is InChI=1S/C46H38O12S/c1-3-21-53-41-11-9-31-23-35(7-5-33(31)25-41)45(49)57-29-37(47)27-55-39-13-17-43(18-14-39)59(51,52)44-19-15-40(16-20-44)56-28-38(48)30-58-46(50)36-8-6-34-26-42(54-22-4-2)12-10-32(34)24-36/h1-2,5-20,23-26,37-38,47-48H,21-22,27-30H2. The lowest BCUT2D eigenvalue weighted by Gasteiger charge is -2.14. The molecule has 2 N–H and O–H groups in total. The van der Waals surface area contributed by atoms with Gasteiger partial charge in [-0.25, -0.2) is 18.0 Å². The normalized spacial score (nSPS) is 12.1. The molecule has 2 unspecified atom stereocenters. The van der Waals surface area contributed by atoms with E-state index < -0.39 is 34.0 Å². The number of terminal acetylenes is 2. The van der Waals surface area contributed by atoms with Crippen molar-refractivity contribution in [2.75, 3.05) is 39.6 Å². The molecular weight excluding hydrogens is 777 g/mol. The quantitative estimate of drug-likeness (QED) is 0.0765. The van der Waals surface area contributed by atoms with Crippen LogP contribution in [0.3, 0.4) is 0 Å². The summed E-state index contributed by atoms with van der Waals surface area (Å²) < 4.78 is 59.1. The molecule has 12 nitrogen and oxygen atoms in total. The van der Waals surface area contributed by atoms with Gasteiger partial charge < -0.3 is 38.6 Å². The van der Waals surface area contributed by atoms with E-state index in [1.54, 1.807) is 60.7 Å². The zero-order valence-corrected chi connectivity index (χ0v) is 32.3. The van der Waals surface area contributed by atoms with E-state index in [1.807, 2.05) is 12.1 Å². The van der Waals surface area contributed by atoms with Crippen LogP contribution in [-0.2, 0) is 19.3 Å². The molecule has 59 heavy (non-hydrogen) atoms. The van der Waals surface area contributed by atoms with Crippen molar-refractivity contribution in [1.82, 2.24) is 0 Å². The van der Waals surface area contributed by atoms with Gasteiger partial charge in [-0.15, -0.1) is 12.8 Å². The summed E-state index contributed by atoms with van der Waals surface area (Å²) in [5, 5.41) is 24.0. The third kappa shape index (κ3) is 11.1. The molecule has 13 heteroatoms. The molecule has 0 aliphatic heterocycles. The van der Waals surface area contributed by atoms with E-state index in [0.717, 1.165) is 21.5 Å². The molecule has 6 aromatic carbocycles. The number of fused-ring (bicyclic) bond motifs is 2. The summed E-state index contributed by atoms with van der Waals surface area (Å²) in [7, 11) is -3.92. The van der Waals surface area contributed by atoms with Crippen LogP contribution in [0.15, 0.2) is 131 Å². The van der Waals surface area contributed by atoms with Crippen molar-refractivity contribution in [3.63, 3.8) is 0 Å². The minimum atomic E-state index is -3.92. The molecular formula is C46H38O12S. The summed E-state index contributed by atoms with van der Waals surface area (Å²) in [5.74, 6) is 5.38. The van der Waals surface area contributed by atoms with Gasteiger partial charge in [0.05, 0.1) is 20.9 Å². The Bertz CT molecular complexity index is 2450. The molecule has 0 heterocycles. The van der Waals surface area contributed by atoms with Crippen LogP contribution >= 0.6 is 0 Å². The highest BCUT2D eigenvalue weighted by atomic mass is 32.2. The van der Waals surface area contributed by atoms with Gasteiger partial charge in [0.2, 0.25) is 9.84 Å². The van der Waals surface area contributed by atoms with Gasteiger partial charge >= 0.3 is 11.9 Å². The van der Waals surface area contributed by atoms with Gasteiger partial charge in [-0.3, -0.25) is 0 Å². The molecule has 6 rings (SSSR count). The SMILES string of the molecule is C#CCOc1ccc2cc(C(=O)OCC(O)COc3ccc(S(=O)(=O)c4ccc(OCC(O)COC(=O)c5ccc6cc(OCC#C)ccc6c5)cc4)cc3)ccc2c1. The Hall–Kier alpha value is -7.03. The Morgan fingerprint density at radius 3 is 1.24 bits per heavy atom. The molecule has 0 aromatic heterocycles. The number of carbonyl (C=O) groups excluding carboxylic acids is 2. The molecule has 0 aliphatic rings. The lowest BCUT2D eigenvalue weighted by atomic mass is 10.1. The Balaban J connectivity index is 0.922. The molecule has 0 amide bonds. The molecule has 0 aliphatic carbocycles. The predicted octanol–water partition coefficient (Wildman–Crippen LogP) is 6.04. The number of benzene rings is 6. The smallest absolute Gasteiger partial charge is 0.338 e. The maximum atomic E-state index is 13.3. The summed E-state index contributed by atoms with van der Waals surface area (Å²) in [6, 6.07) is 32.0. The summed E-state index contributed by atoms with van der Waals surface area (Å²) in [5.41, 5.74) is 0.609. The molecule has 0 saturated carbocycles. The zero-order chi connectivity index (χ0) is 41.8. The predicted molar refractivity (Wildman–Crippen MR) is 218 cm³/mol. The van der Waals surface area contributed by atoms with Crippen LogP contribution in [0.5, 0.6) is 23.0 Å². The van der Waals surface area contributed by atoms with Gasteiger partial charge in [-0.1, -0.05) is 36.1 Å². The van der Waals surface area contributed by atoms with Crippen LogP contribution in [0.25, 0.3) is 21.5 Å². The summed E-state index contributed by atoms with van der Waals surface area (Å²) in [6.45, 7) is -0.792. The van der Waals surface area contributed by atoms with E-state index >= 15 is 0 Å². The monoisotopic (exact) mass is 814 g/mol. The molecule has 2 atom stereocenters. The number of hydrogen-bond donors (Lipinski definition) is 2. The number of aliphatic hydroxyl groups excluding tert-OH is 2. The van der Waals surface area contributed by atoms with Crippen LogP contribution < -0.4 is 18.9 Å². The molecule has 300 valence electrons. The molecule has 0 spiro atoms. The van der Waals surface area contributed by atoms with Crippen LogP contribution in [0.1, 0.15) is 20.7 Å². The molecule has 0 saturated heterocycles. The van der Waals surface area contributed by atoms with E-state index in [2.05, 4.69) is 11.8 Å². The van der Waals surface area contributed by atoms with Crippen LogP contribution in [0, 0.1) is 24.7 Å². The second kappa shape index (κ2) is 19.4. The van der Waals surface area contributed by atoms with Crippen LogP contribution in [-0.4, -0.2) is 82.4 Å². The van der Waals surface area contributed by atoms with Gasteiger partial charge in [0.25, 0.3) is 0 Å². The number of sulfone groups is 1. The van der Waals surface area contributed by atoms with E-state index in [-0.39, 0.29) is 49.4 Å². The van der Waals surface area contributed by atoms with Crippen molar-refractivity contribution >= 4 is 43.3 Å². The minimum absolute atomic E-state index is 0.00202. The first-order valence-electron chi connectivity index (χ1n) is 18.1. The Morgan fingerprint density at radius 1 is 0.492 bits per heavy atom. The first-order chi connectivity index (χ1) is 28.5. The Morgan fingerprint density at radius 2 is 0.847 bits per heavy atom. The number of rotatable bonds is 18. The topological polar surface area (TPSA) is 164 Å². The maximum absolute atomic E-state index is 13.3. The van der Waals surface area contributed by atoms with Gasteiger partial charge in [-0.05, 0) is 119 Å². The zero-order valence-electron chi connectivity index (χ0n) is 31.5. The van der Waals surface area contributed by atoms with Gasteiger partial charge in [0, 0.05) is 0 Å². The fourth-order valence-electron chi connectivity index (χ4n) is 5.69. The van der Waals surface area contributed by atoms with Crippen molar-refractivity contribution in [2.45, 2.75) is 22.0 Å². The largest absolute Gasteiger partial charge is 0.491 e. The van der Waals surface area contributed by atoms with E-state index in [0.29, 0.717) is 34.1 Å². The second-order valence-electron chi connectivity index (χ2n) is 13.0. The number of ether oxygens (including phenoxy) is 6. The van der Waals surface area contributed by atoms with Crippen molar-refractivity contribution in [3.8, 4) is 47.7 Å². The average Bonchev–Trinajstić information content (AvgIpc) is 3.26. The first kappa shape index (κ1) is 41.6. The number of carbonyl (C=O) groups is 2. The Labute approximate surface area is 340 Å². The van der Waals surface area contributed by atoms with Crippen molar-refractivity contribution in [1.29, 1.82) is 0 Å². The number of hydrogen-bond acceptors (Lipinski definition) is 12. The van der Waals surface area contributed by atoms with E-state index in [9.17, 15) is 28.2 Å². The summed E-state index contributed by atoms with van der Waals surface area (Å²) in [6.07, 6.45) is 8.17. The highest BCUT2D eigenvalue weighted by Crippen LogP contribution is 2.27. The molecule has 0 fully saturated rings.